The van der Waals surface area contributed by atoms with E-state index in [0.717, 1.165) is 37.9 Å². The van der Waals surface area contributed by atoms with Gasteiger partial charge in [0.15, 0.2) is 0 Å². The standard InChI is InChI=1S/C12H20N4O/c1-3-5-9(4-2)13-12(17)11-14-10(15-16-11)8-6-7-8/h8-9H,3-7H2,1-2H3,(H,13,17)(H,14,15,16). The smallest absolute Gasteiger partial charge is 0.291 e. The van der Waals surface area contributed by atoms with E-state index in [4.69, 9.17) is 0 Å². The number of rotatable bonds is 6. The van der Waals surface area contributed by atoms with Crippen molar-refractivity contribution in [3.05, 3.63) is 11.6 Å². The van der Waals surface area contributed by atoms with Crippen molar-refractivity contribution in [3.63, 3.8) is 0 Å². The molecule has 17 heavy (non-hydrogen) atoms. The summed E-state index contributed by atoms with van der Waals surface area (Å²) in [5.41, 5.74) is 0. The second-order valence-electron chi connectivity index (χ2n) is 4.69. The van der Waals surface area contributed by atoms with Crippen LogP contribution in [-0.2, 0) is 0 Å². The Hall–Kier alpha value is -1.39. The van der Waals surface area contributed by atoms with Crippen molar-refractivity contribution in [2.45, 2.75) is 57.9 Å². The molecule has 0 aliphatic heterocycles. The van der Waals surface area contributed by atoms with Gasteiger partial charge in [-0.15, -0.1) is 5.10 Å². The van der Waals surface area contributed by atoms with Gasteiger partial charge in [-0.05, 0) is 25.7 Å². The van der Waals surface area contributed by atoms with Gasteiger partial charge in [-0.3, -0.25) is 9.89 Å². The van der Waals surface area contributed by atoms with Crippen molar-refractivity contribution in [1.82, 2.24) is 20.5 Å². The number of nitrogens with one attached hydrogen (secondary N) is 2. The van der Waals surface area contributed by atoms with Gasteiger partial charge >= 0.3 is 0 Å². The molecule has 1 aliphatic carbocycles. The maximum Gasteiger partial charge on any atom is 0.291 e. The highest BCUT2D eigenvalue weighted by Gasteiger charge is 2.28. The Morgan fingerprint density at radius 1 is 1.53 bits per heavy atom. The summed E-state index contributed by atoms with van der Waals surface area (Å²) in [6.07, 6.45) is 5.33. The van der Waals surface area contributed by atoms with Crippen molar-refractivity contribution < 1.29 is 4.79 Å². The van der Waals surface area contributed by atoms with Crippen LogP contribution in [0.2, 0.25) is 0 Å². The minimum Gasteiger partial charge on any atom is -0.347 e. The van der Waals surface area contributed by atoms with Crippen LogP contribution in [0.3, 0.4) is 0 Å². The lowest BCUT2D eigenvalue weighted by Gasteiger charge is -2.14. The summed E-state index contributed by atoms with van der Waals surface area (Å²) in [6, 6.07) is 0.232. The maximum absolute atomic E-state index is 11.9. The second kappa shape index (κ2) is 5.29. The molecule has 1 saturated carbocycles. The van der Waals surface area contributed by atoms with E-state index < -0.39 is 0 Å². The number of aromatic nitrogens is 3. The Labute approximate surface area is 101 Å². The predicted octanol–water partition coefficient (Wildman–Crippen LogP) is 1.99. The van der Waals surface area contributed by atoms with Crippen LogP contribution in [0.5, 0.6) is 0 Å². The van der Waals surface area contributed by atoms with Gasteiger partial charge in [0, 0.05) is 12.0 Å². The first kappa shape index (κ1) is 12.1. The molecule has 1 heterocycles. The number of hydrogen-bond donors (Lipinski definition) is 2. The molecule has 1 unspecified atom stereocenters. The summed E-state index contributed by atoms with van der Waals surface area (Å²) in [5.74, 6) is 1.48. The van der Waals surface area contributed by atoms with E-state index in [-0.39, 0.29) is 17.8 Å². The number of hydrogen-bond acceptors (Lipinski definition) is 3. The zero-order valence-electron chi connectivity index (χ0n) is 10.5. The average Bonchev–Trinajstić information content (AvgIpc) is 3.06. The van der Waals surface area contributed by atoms with E-state index >= 15 is 0 Å². The van der Waals surface area contributed by atoms with Crippen LogP contribution in [0.1, 0.15) is 68.3 Å². The molecule has 1 fully saturated rings. The number of H-pyrrole nitrogens is 1. The fraction of sp³-hybridized carbons (Fsp3) is 0.750. The molecule has 1 aromatic rings. The summed E-state index contributed by atoms with van der Waals surface area (Å²) in [5, 5.41) is 9.80. The highest BCUT2D eigenvalue weighted by molar-refractivity contribution is 5.90. The van der Waals surface area contributed by atoms with Crippen LogP contribution in [0.15, 0.2) is 0 Å². The first-order valence-corrected chi connectivity index (χ1v) is 6.47. The van der Waals surface area contributed by atoms with E-state index in [1.54, 1.807) is 0 Å². The Morgan fingerprint density at radius 2 is 2.29 bits per heavy atom. The molecule has 5 nitrogen and oxygen atoms in total. The molecular weight excluding hydrogens is 216 g/mol. The summed E-state index contributed by atoms with van der Waals surface area (Å²) in [4.78, 5) is 16.1. The Morgan fingerprint density at radius 3 is 2.88 bits per heavy atom. The number of carbonyl (C=O) groups is 1. The fourth-order valence-electron chi connectivity index (χ4n) is 1.89. The third kappa shape index (κ3) is 3.05. The highest BCUT2D eigenvalue weighted by Crippen LogP contribution is 2.37. The number of carbonyl (C=O) groups excluding carboxylic acids is 1. The second-order valence-corrected chi connectivity index (χ2v) is 4.69. The van der Waals surface area contributed by atoms with Gasteiger partial charge in [0.1, 0.15) is 5.82 Å². The first-order chi connectivity index (χ1) is 8.24. The largest absolute Gasteiger partial charge is 0.347 e. The molecule has 0 saturated heterocycles. The molecule has 0 spiro atoms. The Balaban J connectivity index is 1.93. The fourth-order valence-corrected chi connectivity index (χ4v) is 1.89. The van der Waals surface area contributed by atoms with Gasteiger partial charge in [-0.25, -0.2) is 4.98 Å². The summed E-state index contributed by atoms with van der Waals surface area (Å²) in [7, 11) is 0. The molecule has 1 atom stereocenters. The van der Waals surface area contributed by atoms with Crippen molar-refractivity contribution >= 4 is 5.91 Å². The minimum atomic E-state index is -0.159. The highest BCUT2D eigenvalue weighted by atomic mass is 16.2. The van der Waals surface area contributed by atoms with Crippen molar-refractivity contribution in [1.29, 1.82) is 0 Å². The number of aromatic amines is 1. The topological polar surface area (TPSA) is 70.7 Å². The van der Waals surface area contributed by atoms with E-state index in [9.17, 15) is 4.79 Å². The zero-order valence-corrected chi connectivity index (χ0v) is 10.5. The maximum atomic E-state index is 11.9. The van der Waals surface area contributed by atoms with E-state index in [1.165, 1.54) is 0 Å². The van der Waals surface area contributed by atoms with Gasteiger partial charge in [0.25, 0.3) is 5.91 Å². The molecular formula is C12H20N4O. The van der Waals surface area contributed by atoms with Gasteiger partial charge in [-0.2, -0.15) is 0 Å². The molecule has 94 valence electrons. The molecule has 1 amide bonds. The zero-order chi connectivity index (χ0) is 12.3. The van der Waals surface area contributed by atoms with Gasteiger partial charge in [0.05, 0.1) is 0 Å². The number of amides is 1. The molecule has 5 heteroatoms. The normalized spacial score (nSPS) is 16.8. The molecule has 1 aliphatic rings. The van der Waals surface area contributed by atoms with Crippen LogP contribution >= 0.6 is 0 Å². The molecule has 0 radical (unpaired) electrons. The van der Waals surface area contributed by atoms with Crippen LogP contribution in [-0.4, -0.2) is 27.1 Å². The third-order valence-electron chi connectivity index (χ3n) is 3.13. The van der Waals surface area contributed by atoms with Gasteiger partial charge in [0.2, 0.25) is 5.82 Å². The quantitative estimate of drug-likeness (QED) is 0.793. The lowest BCUT2D eigenvalue weighted by molar-refractivity contribution is 0.0923. The van der Waals surface area contributed by atoms with Crippen molar-refractivity contribution in [3.8, 4) is 0 Å². The van der Waals surface area contributed by atoms with E-state index in [2.05, 4.69) is 34.3 Å². The van der Waals surface area contributed by atoms with Crippen LogP contribution in [0, 0.1) is 0 Å². The molecule has 2 N–H and O–H groups in total. The summed E-state index contributed by atoms with van der Waals surface area (Å²) < 4.78 is 0. The Kier molecular flexibility index (Phi) is 3.76. The monoisotopic (exact) mass is 236 g/mol. The van der Waals surface area contributed by atoms with Crippen molar-refractivity contribution in [2.75, 3.05) is 0 Å². The van der Waals surface area contributed by atoms with E-state index in [0.29, 0.717) is 5.92 Å². The van der Waals surface area contributed by atoms with E-state index in [1.807, 2.05) is 0 Å². The molecule has 1 aromatic heterocycles. The average molecular weight is 236 g/mol. The SMILES string of the molecule is CCCC(CC)NC(=O)c1n[nH]c(C2CC2)n1. The first-order valence-electron chi connectivity index (χ1n) is 6.47. The molecule has 0 bridgehead atoms. The number of nitrogens with zero attached hydrogens (tertiary/aromatic N) is 2. The molecule has 0 aromatic carbocycles. The third-order valence-corrected chi connectivity index (χ3v) is 3.13. The summed E-state index contributed by atoms with van der Waals surface area (Å²) >= 11 is 0. The lowest BCUT2D eigenvalue weighted by atomic mass is 10.1. The minimum absolute atomic E-state index is 0.159. The van der Waals surface area contributed by atoms with Crippen molar-refractivity contribution in [2.24, 2.45) is 0 Å². The van der Waals surface area contributed by atoms with Crippen LogP contribution < -0.4 is 5.32 Å². The van der Waals surface area contributed by atoms with Crippen LogP contribution in [0.25, 0.3) is 0 Å². The predicted molar refractivity (Wildman–Crippen MR) is 64.8 cm³/mol. The lowest BCUT2D eigenvalue weighted by Crippen LogP contribution is -2.34. The molecule has 2 rings (SSSR count). The summed E-state index contributed by atoms with van der Waals surface area (Å²) in [6.45, 7) is 4.20. The van der Waals surface area contributed by atoms with Gasteiger partial charge < -0.3 is 5.32 Å². The van der Waals surface area contributed by atoms with Crippen LogP contribution in [0.4, 0.5) is 0 Å². The Bertz CT molecular complexity index is 384. The van der Waals surface area contributed by atoms with Gasteiger partial charge in [-0.1, -0.05) is 20.3 Å².